The van der Waals surface area contributed by atoms with Crippen LogP contribution in [0.2, 0.25) is 0 Å². The Labute approximate surface area is 119 Å². The minimum absolute atomic E-state index is 0.151. The molecule has 3 heteroatoms. The molecule has 1 fully saturated rings. The summed E-state index contributed by atoms with van der Waals surface area (Å²) in [5.41, 5.74) is 0.447. The number of methoxy groups -OCH3 is 2. The molecule has 3 atom stereocenters. The zero-order valence-corrected chi connectivity index (χ0v) is 13.7. The van der Waals surface area contributed by atoms with Gasteiger partial charge < -0.3 is 14.8 Å². The van der Waals surface area contributed by atoms with E-state index in [1.54, 1.807) is 14.2 Å². The fourth-order valence-corrected chi connectivity index (χ4v) is 3.29. The third-order valence-corrected chi connectivity index (χ3v) is 4.56. The third kappa shape index (κ3) is 5.41. The van der Waals surface area contributed by atoms with E-state index in [0.717, 1.165) is 5.92 Å². The first-order valence-corrected chi connectivity index (χ1v) is 7.70. The lowest BCUT2D eigenvalue weighted by Crippen LogP contribution is -2.45. The molecule has 3 unspecified atom stereocenters. The standard InChI is InChI=1S/C16H33NO2/c1-12(15(18-5)19-6)17-14-9-7-8-13(10-11-14)16(2,3)4/h12-15,17H,7-11H2,1-6H3. The first-order chi connectivity index (χ1) is 8.88. The lowest BCUT2D eigenvalue weighted by Gasteiger charge is -2.30. The predicted molar refractivity (Wildman–Crippen MR) is 80.2 cm³/mol. The molecule has 1 aliphatic carbocycles. The van der Waals surface area contributed by atoms with Crippen LogP contribution in [0.1, 0.15) is 59.8 Å². The van der Waals surface area contributed by atoms with Gasteiger partial charge >= 0.3 is 0 Å². The van der Waals surface area contributed by atoms with Gasteiger partial charge in [-0.15, -0.1) is 0 Å². The quantitative estimate of drug-likeness (QED) is 0.612. The molecule has 3 nitrogen and oxygen atoms in total. The molecular formula is C16H33NO2. The maximum absolute atomic E-state index is 5.32. The lowest BCUT2D eigenvalue weighted by molar-refractivity contribution is -0.121. The van der Waals surface area contributed by atoms with Gasteiger partial charge in [0.1, 0.15) is 0 Å². The van der Waals surface area contributed by atoms with E-state index in [4.69, 9.17) is 9.47 Å². The van der Waals surface area contributed by atoms with Gasteiger partial charge in [-0.25, -0.2) is 0 Å². The third-order valence-electron chi connectivity index (χ3n) is 4.56. The van der Waals surface area contributed by atoms with Gasteiger partial charge in [-0.3, -0.25) is 0 Å². The van der Waals surface area contributed by atoms with Crippen LogP contribution < -0.4 is 5.32 Å². The second kappa shape index (κ2) is 7.61. The van der Waals surface area contributed by atoms with E-state index < -0.39 is 0 Å². The Hall–Kier alpha value is -0.120. The van der Waals surface area contributed by atoms with Crippen molar-refractivity contribution < 1.29 is 9.47 Å². The summed E-state index contributed by atoms with van der Waals surface area (Å²) in [5, 5.41) is 3.68. The molecule has 114 valence electrons. The molecule has 1 rings (SSSR count). The Balaban J connectivity index is 2.45. The van der Waals surface area contributed by atoms with Gasteiger partial charge in [0, 0.05) is 20.3 Å². The van der Waals surface area contributed by atoms with Gasteiger partial charge in [0.2, 0.25) is 0 Å². The van der Waals surface area contributed by atoms with Gasteiger partial charge in [0.25, 0.3) is 0 Å². The molecule has 0 radical (unpaired) electrons. The van der Waals surface area contributed by atoms with Crippen LogP contribution in [0.3, 0.4) is 0 Å². The number of nitrogens with one attached hydrogen (secondary N) is 1. The summed E-state index contributed by atoms with van der Waals surface area (Å²) < 4.78 is 10.6. The number of ether oxygens (including phenoxy) is 2. The van der Waals surface area contributed by atoms with Crippen LogP contribution >= 0.6 is 0 Å². The summed E-state index contributed by atoms with van der Waals surface area (Å²) in [6.07, 6.45) is 6.43. The molecule has 0 amide bonds. The first kappa shape index (κ1) is 16.9. The maximum Gasteiger partial charge on any atom is 0.171 e. The molecule has 0 saturated heterocycles. The average molecular weight is 271 g/mol. The summed E-state index contributed by atoms with van der Waals surface area (Å²) in [4.78, 5) is 0. The summed E-state index contributed by atoms with van der Waals surface area (Å²) >= 11 is 0. The van der Waals surface area contributed by atoms with Crippen molar-refractivity contribution in [1.29, 1.82) is 0 Å². The van der Waals surface area contributed by atoms with Crippen molar-refractivity contribution in [1.82, 2.24) is 5.32 Å². The van der Waals surface area contributed by atoms with Gasteiger partial charge in [-0.2, -0.15) is 0 Å². The minimum atomic E-state index is -0.151. The smallest absolute Gasteiger partial charge is 0.171 e. The Morgan fingerprint density at radius 3 is 2.16 bits per heavy atom. The monoisotopic (exact) mass is 271 g/mol. The van der Waals surface area contributed by atoms with E-state index in [2.05, 4.69) is 33.0 Å². The van der Waals surface area contributed by atoms with Crippen LogP contribution in [0.5, 0.6) is 0 Å². The van der Waals surface area contributed by atoms with E-state index in [0.29, 0.717) is 11.5 Å². The number of hydrogen-bond donors (Lipinski definition) is 1. The normalized spacial score (nSPS) is 27.3. The summed E-state index contributed by atoms with van der Waals surface area (Å²) in [6.45, 7) is 9.27. The highest BCUT2D eigenvalue weighted by Crippen LogP contribution is 2.36. The summed E-state index contributed by atoms with van der Waals surface area (Å²) in [5.74, 6) is 0.857. The van der Waals surface area contributed by atoms with Crippen molar-refractivity contribution in [2.45, 2.75) is 78.2 Å². The summed E-state index contributed by atoms with van der Waals surface area (Å²) in [7, 11) is 3.41. The van der Waals surface area contributed by atoms with Crippen LogP contribution in [0.25, 0.3) is 0 Å². The molecule has 19 heavy (non-hydrogen) atoms. The number of hydrogen-bond acceptors (Lipinski definition) is 3. The Kier molecular flexibility index (Phi) is 6.78. The fourth-order valence-electron chi connectivity index (χ4n) is 3.29. The summed E-state index contributed by atoms with van der Waals surface area (Å²) in [6, 6.07) is 0.848. The van der Waals surface area contributed by atoms with Crippen molar-refractivity contribution in [2.75, 3.05) is 14.2 Å². The first-order valence-electron chi connectivity index (χ1n) is 7.70. The largest absolute Gasteiger partial charge is 0.354 e. The van der Waals surface area contributed by atoms with Crippen LogP contribution in [0, 0.1) is 11.3 Å². The highest BCUT2D eigenvalue weighted by molar-refractivity contribution is 4.82. The van der Waals surface area contributed by atoms with Crippen molar-refractivity contribution >= 4 is 0 Å². The Bertz CT molecular complexity index is 246. The van der Waals surface area contributed by atoms with Crippen molar-refractivity contribution in [3.05, 3.63) is 0 Å². The second-order valence-corrected chi connectivity index (χ2v) is 7.06. The maximum atomic E-state index is 5.32. The SMILES string of the molecule is COC(OC)C(C)NC1CCCC(C(C)(C)C)CC1. The van der Waals surface area contributed by atoms with Crippen LogP contribution in [-0.2, 0) is 9.47 Å². The highest BCUT2D eigenvalue weighted by atomic mass is 16.7. The molecular weight excluding hydrogens is 238 g/mol. The lowest BCUT2D eigenvalue weighted by atomic mass is 9.76. The Morgan fingerprint density at radius 2 is 1.63 bits per heavy atom. The van der Waals surface area contributed by atoms with Crippen LogP contribution in [0.15, 0.2) is 0 Å². The van der Waals surface area contributed by atoms with E-state index in [1.165, 1.54) is 32.1 Å². The van der Waals surface area contributed by atoms with Gasteiger partial charge in [-0.1, -0.05) is 27.2 Å². The molecule has 0 aromatic carbocycles. The average Bonchev–Trinajstić information content (AvgIpc) is 2.55. The van der Waals surface area contributed by atoms with Gasteiger partial charge in [0.15, 0.2) is 6.29 Å². The van der Waals surface area contributed by atoms with E-state index in [-0.39, 0.29) is 12.3 Å². The molecule has 0 heterocycles. The van der Waals surface area contributed by atoms with Crippen molar-refractivity contribution in [3.63, 3.8) is 0 Å². The molecule has 0 aromatic rings. The second-order valence-electron chi connectivity index (χ2n) is 7.06. The molecule has 0 bridgehead atoms. The molecule has 0 aromatic heterocycles. The molecule has 0 spiro atoms. The van der Waals surface area contributed by atoms with E-state index in [1.807, 2.05) is 0 Å². The molecule has 1 aliphatic rings. The van der Waals surface area contributed by atoms with Crippen LogP contribution in [-0.4, -0.2) is 32.6 Å². The van der Waals surface area contributed by atoms with E-state index >= 15 is 0 Å². The number of rotatable bonds is 5. The Morgan fingerprint density at radius 1 is 1.00 bits per heavy atom. The van der Waals surface area contributed by atoms with E-state index in [9.17, 15) is 0 Å². The van der Waals surface area contributed by atoms with Crippen LogP contribution in [0.4, 0.5) is 0 Å². The highest BCUT2D eigenvalue weighted by Gasteiger charge is 2.29. The topological polar surface area (TPSA) is 30.5 Å². The molecule has 1 saturated carbocycles. The van der Waals surface area contributed by atoms with Gasteiger partial charge in [-0.05, 0) is 43.9 Å². The molecule has 1 N–H and O–H groups in total. The zero-order chi connectivity index (χ0) is 14.5. The predicted octanol–water partition coefficient (Wildman–Crippen LogP) is 3.58. The molecule has 0 aliphatic heterocycles. The zero-order valence-electron chi connectivity index (χ0n) is 13.7. The minimum Gasteiger partial charge on any atom is -0.354 e. The van der Waals surface area contributed by atoms with Gasteiger partial charge in [0.05, 0.1) is 6.04 Å². The fraction of sp³-hybridized carbons (Fsp3) is 1.00. The van der Waals surface area contributed by atoms with Crippen molar-refractivity contribution in [2.24, 2.45) is 11.3 Å². The van der Waals surface area contributed by atoms with Crippen molar-refractivity contribution in [3.8, 4) is 0 Å².